The maximum atomic E-state index is 10.4. The van der Waals surface area contributed by atoms with Crippen molar-refractivity contribution >= 4 is 5.91 Å². The lowest BCUT2D eigenvalue weighted by molar-refractivity contribution is -0.132. The molecule has 9 heavy (non-hydrogen) atoms. The van der Waals surface area contributed by atoms with Crippen LogP contribution in [-0.4, -0.2) is 12.5 Å². The Hall–Kier alpha value is -0.830. The molecule has 0 unspecified atom stereocenters. The highest BCUT2D eigenvalue weighted by Gasteiger charge is 1.91. The zero-order chi connectivity index (χ0) is 7.11. The van der Waals surface area contributed by atoms with Gasteiger partial charge < -0.3 is 0 Å². The molecule has 0 fully saturated rings. The first-order chi connectivity index (χ1) is 4.31. The van der Waals surface area contributed by atoms with E-state index < -0.39 is 0 Å². The van der Waals surface area contributed by atoms with Crippen LogP contribution in [0.3, 0.4) is 0 Å². The minimum absolute atomic E-state index is 0.114. The Morgan fingerprint density at radius 1 is 1.89 bits per heavy atom. The fourth-order valence-corrected chi connectivity index (χ4v) is 0.253. The van der Waals surface area contributed by atoms with Gasteiger partial charge in [-0.3, -0.25) is 9.63 Å². The quantitative estimate of drug-likeness (QED) is 0.343. The number of carbonyl (C=O) groups excluding carboxylic acids is 1. The van der Waals surface area contributed by atoms with Crippen LogP contribution in [0.25, 0.3) is 0 Å². The van der Waals surface area contributed by atoms with Crippen molar-refractivity contribution in [1.82, 2.24) is 5.48 Å². The van der Waals surface area contributed by atoms with Crippen LogP contribution >= 0.6 is 0 Å². The minimum atomic E-state index is -0.114. The van der Waals surface area contributed by atoms with E-state index in [1.165, 1.54) is 0 Å². The second-order valence-electron chi connectivity index (χ2n) is 1.48. The van der Waals surface area contributed by atoms with Gasteiger partial charge in [0.15, 0.2) is 0 Å². The standard InChI is InChI=1S/C6H11NO2/c1-3-5-9-7-6(8)4-2/h3H,1,4-5H2,2H3,(H,7,8). The molecular formula is C6H11NO2. The van der Waals surface area contributed by atoms with Gasteiger partial charge in [-0.15, -0.1) is 6.58 Å². The SMILES string of the molecule is C=CCONC(=O)CC. The van der Waals surface area contributed by atoms with E-state index in [1.807, 2.05) is 0 Å². The summed E-state index contributed by atoms with van der Waals surface area (Å²) in [5, 5.41) is 0. The van der Waals surface area contributed by atoms with E-state index in [4.69, 9.17) is 0 Å². The summed E-state index contributed by atoms with van der Waals surface area (Å²) < 4.78 is 0. The summed E-state index contributed by atoms with van der Waals surface area (Å²) >= 11 is 0. The summed E-state index contributed by atoms with van der Waals surface area (Å²) in [4.78, 5) is 15.0. The van der Waals surface area contributed by atoms with E-state index in [0.717, 1.165) is 0 Å². The zero-order valence-corrected chi connectivity index (χ0v) is 5.52. The Kier molecular flexibility index (Phi) is 4.82. The van der Waals surface area contributed by atoms with Gasteiger partial charge in [0.05, 0.1) is 6.61 Å². The largest absolute Gasteiger partial charge is 0.273 e. The first-order valence-electron chi connectivity index (χ1n) is 2.82. The Morgan fingerprint density at radius 2 is 2.56 bits per heavy atom. The summed E-state index contributed by atoms with van der Waals surface area (Å²) in [6.45, 7) is 5.52. The predicted molar refractivity (Wildman–Crippen MR) is 34.6 cm³/mol. The van der Waals surface area contributed by atoms with Crippen LogP contribution in [0.5, 0.6) is 0 Å². The molecule has 0 aromatic carbocycles. The summed E-state index contributed by atoms with van der Waals surface area (Å²) in [6.07, 6.45) is 2.01. The van der Waals surface area contributed by atoms with Crippen molar-refractivity contribution < 1.29 is 9.63 Å². The molecule has 0 aromatic rings. The maximum absolute atomic E-state index is 10.4. The lowest BCUT2D eigenvalue weighted by Gasteiger charge is -1.99. The molecular weight excluding hydrogens is 118 g/mol. The van der Waals surface area contributed by atoms with Gasteiger partial charge >= 0.3 is 0 Å². The monoisotopic (exact) mass is 129 g/mol. The highest BCUT2D eigenvalue weighted by molar-refractivity contribution is 5.74. The van der Waals surface area contributed by atoms with Crippen molar-refractivity contribution in [3.8, 4) is 0 Å². The molecule has 1 amide bonds. The maximum Gasteiger partial charge on any atom is 0.243 e. The molecule has 0 heterocycles. The summed E-state index contributed by atoms with van der Waals surface area (Å²) in [5.41, 5.74) is 2.22. The molecule has 0 saturated heterocycles. The van der Waals surface area contributed by atoms with E-state index in [2.05, 4.69) is 16.9 Å². The van der Waals surface area contributed by atoms with Crippen molar-refractivity contribution in [2.75, 3.05) is 6.61 Å². The van der Waals surface area contributed by atoms with Gasteiger partial charge in [-0.05, 0) is 0 Å². The van der Waals surface area contributed by atoms with E-state index in [-0.39, 0.29) is 5.91 Å². The van der Waals surface area contributed by atoms with Crippen LogP contribution < -0.4 is 5.48 Å². The van der Waals surface area contributed by atoms with Gasteiger partial charge in [0.25, 0.3) is 0 Å². The van der Waals surface area contributed by atoms with Crippen molar-refractivity contribution in [1.29, 1.82) is 0 Å². The molecule has 0 spiro atoms. The topological polar surface area (TPSA) is 38.3 Å². The summed E-state index contributed by atoms with van der Waals surface area (Å²) in [6, 6.07) is 0. The van der Waals surface area contributed by atoms with Crippen LogP contribution in [0.4, 0.5) is 0 Å². The van der Waals surface area contributed by atoms with Gasteiger partial charge in [-0.2, -0.15) is 0 Å². The highest BCUT2D eigenvalue weighted by Crippen LogP contribution is 1.74. The molecule has 0 rings (SSSR count). The van der Waals surface area contributed by atoms with Crippen molar-refractivity contribution in [3.05, 3.63) is 12.7 Å². The molecule has 0 radical (unpaired) electrons. The van der Waals surface area contributed by atoms with Crippen LogP contribution in [0.1, 0.15) is 13.3 Å². The third-order valence-corrected chi connectivity index (χ3v) is 0.708. The van der Waals surface area contributed by atoms with Crippen molar-refractivity contribution in [2.45, 2.75) is 13.3 Å². The molecule has 1 N–H and O–H groups in total. The second-order valence-corrected chi connectivity index (χ2v) is 1.48. The van der Waals surface area contributed by atoms with Crippen molar-refractivity contribution in [3.63, 3.8) is 0 Å². The highest BCUT2D eigenvalue weighted by atomic mass is 16.6. The fraction of sp³-hybridized carbons (Fsp3) is 0.500. The van der Waals surface area contributed by atoms with Crippen LogP contribution in [-0.2, 0) is 9.63 Å². The fourth-order valence-electron chi connectivity index (χ4n) is 0.253. The molecule has 0 bridgehead atoms. The Bertz CT molecular complexity index is 101. The smallest absolute Gasteiger partial charge is 0.243 e. The molecule has 3 nitrogen and oxygen atoms in total. The number of nitrogens with one attached hydrogen (secondary N) is 1. The first kappa shape index (κ1) is 8.17. The number of hydroxylamine groups is 1. The number of hydrogen-bond donors (Lipinski definition) is 1. The Morgan fingerprint density at radius 3 is 3.00 bits per heavy atom. The second kappa shape index (κ2) is 5.31. The molecule has 3 heteroatoms. The van der Waals surface area contributed by atoms with E-state index in [0.29, 0.717) is 13.0 Å². The van der Waals surface area contributed by atoms with Crippen LogP contribution in [0, 0.1) is 0 Å². The molecule has 0 aliphatic heterocycles. The Labute approximate surface area is 54.7 Å². The van der Waals surface area contributed by atoms with E-state index in [9.17, 15) is 4.79 Å². The molecule has 0 aliphatic carbocycles. The molecule has 0 aromatic heterocycles. The molecule has 52 valence electrons. The summed E-state index contributed by atoms with van der Waals surface area (Å²) in [7, 11) is 0. The van der Waals surface area contributed by atoms with E-state index in [1.54, 1.807) is 13.0 Å². The van der Waals surface area contributed by atoms with Gasteiger partial charge in [0.2, 0.25) is 5.91 Å². The summed E-state index contributed by atoms with van der Waals surface area (Å²) in [5.74, 6) is -0.114. The number of carbonyl (C=O) groups is 1. The third-order valence-electron chi connectivity index (χ3n) is 0.708. The molecule has 0 saturated carbocycles. The third kappa shape index (κ3) is 5.03. The normalized spacial score (nSPS) is 8.56. The number of hydrogen-bond acceptors (Lipinski definition) is 2. The number of rotatable bonds is 4. The van der Waals surface area contributed by atoms with Gasteiger partial charge in [-0.1, -0.05) is 13.0 Å². The first-order valence-corrected chi connectivity index (χ1v) is 2.82. The minimum Gasteiger partial charge on any atom is -0.273 e. The van der Waals surface area contributed by atoms with Gasteiger partial charge in [0, 0.05) is 6.42 Å². The number of amides is 1. The van der Waals surface area contributed by atoms with E-state index >= 15 is 0 Å². The zero-order valence-electron chi connectivity index (χ0n) is 5.52. The van der Waals surface area contributed by atoms with Crippen LogP contribution in [0.2, 0.25) is 0 Å². The van der Waals surface area contributed by atoms with Crippen molar-refractivity contribution in [2.24, 2.45) is 0 Å². The average molecular weight is 129 g/mol. The molecule has 0 atom stereocenters. The predicted octanol–water partition coefficient (Wildman–Crippen LogP) is 0.630. The average Bonchev–Trinajstić information content (AvgIpc) is 1.89. The van der Waals surface area contributed by atoms with Crippen LogP contribution in [0.15, 0.2) is 12.7 Å². The molecule has 0 aliphatic rings. The Balaban J connectivity index is 3.06. The lowest BCUT2D eigenvalue weighted by Crippen LogP contribution is -2.22. The lowest BCUT2D eigenvalue weighted by atomic mass is 10.5. The van der Waals surface area contributed by atoms with Gasteiger partial charge in [0.1, 0.15) is 0 Å². The van der Waals surface area contributed by atoms with Gasteiger partial charge in [-0.25, -0.2) is 5.48 Å².